The van der Waals surface area contributed by atoms with Crippen molar-refractivity contribution in [1.82, 2.24) is 4.90 Å². The van der Waals surface area contributed by atoms with Crippen molar-refractivity contribution in [2.45, 2.75) is 47.1 Å². The number of thiophene rings is 1. The monoisotopic (exact) mass is 416 g/mol. The van der Waals surface area contributed by atoms with Crippen molar-refractivity contribution >= 4 is 34.1 Å². The third-order valence-corrected chi connectivity index (χ3v) is 5.63. The fourth-order valence-corrected chi connectivity index (χ4v) is 4.24. The minimum Gasteiger partial charge on any atom is -0.462 e. The number of rotatable bonds is 9. The van der Waals surface area contributed by atoms with Gasteiger partial charge in [-0.3, -0.25) is 9.59 Å². The number of esters is 1. The van der Waals surface area contributed by atoms with Crippen molar-refractivity contribution in [2.75, 3.05) is 18.5 Å². The van der Waals surface area contributed by atoms with Gasteiger partial charge in [-0.1, -0.05) is 37.3 Å². The fraction of sp³-hybridized carbons (Fsp3) is 0.409. The summed E-state index contributed by atoms with van der Waals surface area (Å²) < 4.78 is 5.17. The first kappa shape index (κ1) is 22.6. The van der Waals surface area contributed by atoms with E-state index in [1.165, 1.54) is 18.3 Å². The molecule has 0 saturated heterocycles. The highest BCUT2D eigenvalue weighted by molar-refractivity contribution is 7.16. The maximum absolute atomic E-state index is 12.5. The molecule has 6 nitrogen and oxygen atoms in total. The topological polar surface area (TPSA) is 75.7 Å². The van der Waals surface area contributed by atoms with Crippen LogP contribution in [0.4, 0.5) is 5.00 Å². The Morgan fingerprint density at radius 3 is 2.41 bits per heavy atom. The van der Waals surface area contributed by atoms with Gasteiger partial charge in [0.2, 0.25) is 11.8 Å². The summed E-state index contributed by atoms with van der Waals surface area (Å²) in [4.78, 5) is 39.5. The van der Waals surface area contributed by atoms with Crippen LogP contribution in [0.15, 0.2) is 30.3 Å². The molecule has 1 N–H and O–H groups in total. The first-order chi connectivity index (χ1) is 13.9. The van der Waals surface area contributed by atoms with E-state index in [1.807, 2.05) is 44.2 Å². The Balaban J connectivity index is 2.06. The SMILES string of the molecule is CCOC(=O)c1c(NC(=O)CCN(Cc2ccccc2)C(C)=O)sc(C)c1CC. The summed E-state index contributed by atoms with van der Waals surface area (Å²) in [6, 6.07) is 9.65. The third-order valence-electron chi connectivity index (χ3n) is 4.57. The van der Waals surface area contributed by atoms with E-state index >= 15 is 0 Å². The van der Waals surface area contributed by atoms with Gasteiger partial charge in [0.05, 0.1) is 12.2 Å². The smallest absolute Gasteiger partial charge is 0.341 e. The molecule has 0 aliphatic heterocycles. The lowest BCUT2D eigenvalue weighted by molar-refractivity contribution is -0.129. The molecule has 2 rings (SSSR count). The van der Waals surface area contributed by atoms with Crippen LogP contribution in [0.2, 0.25) is 0 Å². The average Bonchev–Trinajstić information content (AvgIpc) is 3.00. The largest absolute Gasteiger partial charge is 0.462 e. The van der Waals surface area contributed by atoms with Crippen molar-refractivity contribution in [3.8, 4) is 0 Å². The van der Waals surface area contributed by atoms with Gasteiger partial charge in [-0.2, -0.15) is 0 Å². The normalized spacial score (nSPS) is 10.5. The van der Waals surface area contributed by atoms with Crippen LogP contribution in [0.25, 0.3) is 0 Å². The summed E-state index contributed by atoms with van der Waals surface area (Å²) >= 11 is 1.38. The molecule has 156 valence electrons. The fourth-order valence-electron chi connectivity index (χ4n) is 3.09. The summed E-state index contributed by atoms with van der Waals surface area (Å²) in [5.41, 5.74) is 2.35. The van der Waals surface area contributed by atoms with E-state index < -0.39 is 5.97 Å². The number of carbonyl (C=O) groups excluding carboxylic acids is 3. The van der Waals surface area contributed by atoms with Crippen LogP contribution in [-0.4, -0.2) is 35.8 Å². The Morgan fingerprint density at radius 2 is 1.83 bits per heavy atom. The van der Waals surface area contributed by atoms with Crippen molar-refractivity contribution < 1.29 is 19.1 Å². The third kappa shape index (κ3) is 6.15. The first-order valence-electron chi connectivity index (χ1n) is 9.76. The van der Waals surface area contributed by atoms with Crippen LogP contribution in [0.5, 0.6) is 0 Å². The van der Waals surface area contributed by atoms with Crippen molar-refractivity contribution in [3.05, 3.63) is 51.9 Å². The van der Waals surface area contributed by atoms with Gasteiger partial charge in [-0.25, -0.2) is 4.79 Å². The van der Waals surface area contributed by atoms with E-state index in [-0.39, 0.29) is 24.8 Å². The highest BCUT2D eigenvalue weighted by atomic mass is 32.1. The summed E-state index contributed by atoms with van der Waals surface area (Å²) in [6.07, 6.45) is 0.828. The molecule has 0 atom stereocenters. The molecule has 1 aromatic heterocycles. The molecule has 7 heteroatoms. The molecule has 0 bridgehead atoms. The molecule has 1 heterocycles. The summed E-state index contributed by atoms with van der Waals surface area (Å²) in [5.74, 6) is -0.744. The van der Waals surface area contributed by atoms with Crippen molar-refractivity contribution in [3.63, 3.8) is 0 Å². The molecule has 0 fully saturated rings. The Hall–Kier alpha value is -2.67. The number of amides is 2. The number of nitrogens with one attached hydrogen (secondary N) is 1. The molecule has 0 saturated carbocycles. The van der Waals surface area contributed by atoms with Gasteiger partial charge in [-0.05, 0) is 31.4 Å². The summed E-state index contributed by atoms with van der Waals surface area (Å²) in [6.45, 7) is 8.18. The quantitative estimate of drug-likeness (QED) is 0.623. The number of nitrogens with zero attached hydrogens (tertiary/aromatic N) is 1. The minimum atomic E-state index is -0.418. The number of aryl methyl sites for hydroxylation is 1. The Bertz CT molecular complexity index is 861. The number of benzene rings is 1. The lowest BCUT2D eigenvalue weighted by Gasteiger charge is -2.21. The Morgan fingerprint density at radius 1 is 1.14 bits per heavy atom. The van der Waals surface area contributed by atoms with Gasteiger partial charge in [0.1, 0.15) is 5.00 Å². The number of anilines is 1. The van der Waals surface area contributed by atoms with Crippen LogP contribution < -0.4 is 5.32 Å². The van der Waals surface area contributed by atoms with Gasteiger partial charge in [0.25, 0.3) is 0 Å². The highest BCUT2D eigenvalue weighted by Crippen LogP contribution is 2.34. The van der Waals surface area contributed by atoms with E-state index in [1.54, 1.807) is 11.8 Å². The molecular formula is C22H28N2O4S. The van der Waals surface area contributed by atoms with E-state index in [4.69, 9.17) is 4.74 Å². The molecule has 0 aliphatic rings. The molecule has 29 heavy (non-hydrogen) atoms. The molecule has 0 radical (unpaired) electrons. The zero-order valence-electron chi connectivity index (χ0n) is 17.4. The van der Waals surface area contributed by atoms with Gasteiger partial charge in [-0.15, -0.1) is 11.3 Å². The van der Waals surface area contributed by atoms with Gasteiger partial charge >= 0.3 is 5.97 Å². The van der Waals surface area contributed by atoms with E-state index in [0.717, 1.165) is 16.0 Å². The Labute approximate surface area is 175 Å². The molecule has 0 spiro atoms. The zero-order valence-corrected chi connectivity index (χ0v) is 18.2. The average molecular weight is 417 g/mol. The van der Waals surface area contributed by atoms with E-state index in [0.29, 0.717) is 30.1 Å². The van der Waals surface area contributed by atoms with Crippen LogP contribution in [0.3, 0.4) is 0 Å². The number of ether oxygens (including phenoxy) is 1. The molecule has 0 aliphatic carbocycles. The van der Waals surface area contributed by atoms with Gasteiger partial charge < -0.3 is 15.0 Å². The first-order valence-corrected chi connectivity index (χ1v) is 10.6. The van der Waals surface area contributed by atoms with E-state index in [2.05, 4.69) is 5.32 Å². The maximum atomic E-state index is 12.5. The van der Waals surface area contributed by atoms with Crippen molar-refractivity contribution in [2.24, 2.45) is 0 Å². The van der Waals surface area contributed by atoms with Crippen LogP contribution in [0.1, 0.15) is 53.6 Å². The molecule has 1 aromatic carbocycles. The van der Waals surface area contributed by atoms with Gasteiger partial charge in [0.15, 0.2) is 0 Å². The zero-order chi connectivity index (χ0) is 21.4. The lowest BCUT2D eigenvalue weighted by atomic mass is 10.1. The predicted molar refractivity (Wildman–Crippen MR) is 115 cm³/mol. The predicted octanol–water partition coefficient (Wildman–Crippen LogP) is 4.17. The standard InChI is InChI=1S/C22H28N2O4S/c1-5-18-15(3)29-21(20(18)22(27)28-6-2)23-19(26)12-13-24(16(4)25)14-17-10-8-7-9-11-17/h7-11H,5-6,12-14H2,1-4H3,(H,23,26). The molecule has 2 aromatic rings. The second-order valence-electron chi connectivity index (χ2n) is 6.64. The van der Waals surface area contributed by atoms with Crippen LogP contribution >= 0.6 is 11.3 Å². The van der Waals surface area contributed by atoms with Gasteiger partial charge in [0, 0.05) is 31.3 Å². The maximum Gasteiger partial charge on any atom is 0.341 e. The number of carbonyl (C=O) groups is 3. The highest BCUT2D eigenvalue weighted by Gasteiger charge is 2.23. The molecule has 2 amide bonds. The second-order valence-corrected chi connectivity index (χ2v) is 7.86. The lowest BCUT2D eigenvalue weighted by Crippen LogP contribution is -2.31. The van der Waals surface area contributed by atoms with Crippen molar-refractivity contribution in [1.29, 1.82) is 0 Å². The Kier molecular flexibility index (Phi) is 8.39. The molecule has 0 unspecified atom stereocenters. The number of hydrogen-bond acceptors (Lipinski definition) is 5. The van der Waals surface area contributed by atoms with Crippen LogP contribution in [0, 0.1) is 6.92 Å². The summed E-state index contributed by atoms with van der Waals surface area (Å²) in [5, 5.41) is 3.36. The minimum absolute atomic E-state index is 0.0888. The second kappa shape index (κ2) is 10.8. The van der Waals surface area contributed by atoms with E-state index in [9.17, 15) is 14.4 Å². The molecular weight excluding hydrogens is 388 g/mol. The summed E-state index contributed by atoms with van der Waals surface area (Å²) in [7, 11) is 0. The van der Waals surface area contributed by atoms with Crippen LogP contribution in [-0.2, 0) is 27.3 Å². The number of hydrogen-bond donors (Lipinski definition) is 1.